The first kappa shape index (κ1) is 17.1. The van der Waals surface area contributed by atoms with Crippen LogP contribution in [-0.2, 0) is 20.7 Å². The van der Waals surface area contributed by atoms with Crippen molar-refractivity contribution in [3.05, 3.63) is 23.1 Å². The molecule has 4 amide bonds. The lowest BCUT2D eigenvalue weighted by Gasteiger charge is -2.54. The lowest BCUT2D eigenvalue weighted by molar-refractivity contribution is -0.151. The van der Waals surface area contributed by atoms with E-state index in [0.717, 1.165) is 0 Å². The number of carbonyl (C=O) groups excluding carboxylic acids is 3. The van der Waals surface area contributed by atoms with Crippen LogP contribution in [0.2, 0.25) is 0 Å². The van der Waals surface area contributed by atoms with Crippen LogP contribution in [0.5, 0.6) is 0 Å². The zero-order valence-corrected chi connectivity index (χ0v) is 15.2. The number of aromatic nitrogens is 1. The van der Waals surface area contributed by atoms with Gasteiger partial charge in [-0.25, -0.2) is 9.18 Å². The summed E-state index contributed by atoms with van der Waals surface area (Å²) in [7, 11) is 0. The Morgan fingerprint density at radius 3 is 2.71 bits per heavy atom. The number of urea groups is 1. The number of aryl methyl sites for hydroxylation is 1. The van der Waals surface area contributed by atoms with Crippen molar-refractivity contribution < 1.29 is 28.0 Å². The molecule has 146 valence electrons. The third-order valence-corrected chi connectivity index (χ3v) is 5.96. The third kappa shape index (κ3) is 1.98. The normalized spacial score (nSPS) is 26.1. The highest BCUT2D eigenvalue weighted by atomic mass is 19.1. The Hall–Kier alpha value is -3.01. The molecular formula is C18H17FN4O5. The van der Waals surface area contributed by atoms with Gasteiger partial charge >= 0.3 is 6.03 Å². The summed E-state index contributed by atoms with van der Waals surface area (Å²) in [6.45, 7) is 4.01. The molecule has 10 heteroatoms. The maximum atomic E-state index is 15.4. The predicted molar refractivity (Wildman–Crippen MR) is 93.1 cm³/mol. The molecule has 2 N–H and O–H groups in total. The average molecular weight is 388 g/mol. The first-order chi connectivity index (χ1) is 13.3. The number of rotatable bonds is 0. The number of carbonyl (C=O) groups is 3. The molecule has 28 heavy (non-hydrogen) atoms. The van der Waals surface area contributed by atoms with Gasteiger partial charge in [0, 0.05) is 18.4 Å². The lowest BCUT2D eigenvalue weighted by Crippen LogP contribution is -2.74. The molecule has 2 fully saturated rings. The molecule has 0 bridgehead atoms. The number of hydrogen-bond acceptors (Lipinski definition) is 7. The first-order valence-electron chi connectivity index (χ1n) is 8.97. The molecule has 4 heterocycles. The summed E-state index contributed by atoms with van der Waals surface area (Å²) in [5, 5.41) is 8.71. The Labute approximate surface area is 158 Å². The van der Waals surface area contributed by atoms with Crippen LogP contribution in [-0.4, -0.2) is 48.3 Å². The van der Waals surface area contributed by atoms with Gasteiger partial charge < -0.3 is 14.2 Å². The number of amides is 4. The van der Waals surface area contributed by atoms with E-state index in [9.17, 15) is 14.4 Å². The fraction of sp³-hybridized carbons (Fsp3) is 0.444. The van der Waals surface area contributed by atoms with Gasteiger partial charge in [-0.2, -0.15) is 0 Å². The van der Waals surface area contributed by atoms with E-state index in [-0.39, 0.29) is 24.2 Å². The second kappa shape index (κ2) is 5.51. The molecule has 0 saturated carbocycles. The number of hydrogen-bond donors (Lipinski definition) is 2. The fourth-order valence-electron chi connectivity index (χ4n) is 4.78. The number of barbiturate groups is 1. The second-order valence-corrected chi connectivity index (χ2v) is 7.44. The predicted octanol–water partition coefficient (Wildman–Crippen LogP) is 0.778. The minimum Gasteiger partial charge on any atom is -0.374 e. The van der Waals surface area contributed by atoms with Gasteiger partial charge in [0.15, 0.2) is 11.2 Å². The van der Waals surface area contributed by atoms with Gasteiger partial charge in [0.1, 0.15) is 0 Å². The first-order valence-corrected chi connectivity index (χ1v) is 8.97. The summed E-state index contributed by atoms with van der Waals surface area (Å²) < 4.78 is 26.3. The molecule has 2 atom stereocenters. The minimum atomic E-state index is -1.62. The number of morpholine rings is 1. The van der Waals surface area contributed by atoms with Crippen LogP contribution in [0.4, 0.5) is 14.9 Å². The summed E-state index contributed by atoms with van der Waals surface area (Å²) in [5.41, 5.74) is -0.298. The topological polar surface area (TPSA) is 114 Å². The highest BCUT2D eigenvalue weighted by Gasteiger charge is 2.62. The van der Waals surface area contributed by atoms with Crippen molar-refractivity contribution in [2.45, 2.75) is 32.4 Å². The van der Waals surface area contributed by atoms with E-state index in [1.807, 2.05) is 0 Å². The van der Waals surface area contributed by atoms with Gasteiger partial charge in [-0.1, -0.05) is 5.16 Å². The maximum Gasteiger partial charge on any atom is 0.328 e. The second-order valence-electron chi connectivity index (χ2n) is 7.44. The number of fused-ring (bicyclic) bond motifs is 5. The molecule has 2 unspecified atom stereocenters. The largest absolute Gasteiger partial charge is 0.374 e. The molecule has 1 spiro atoms. The zero-order valence-electron chi connectivity index (χ0n) is 15.2. The quantitative estimate of drug-likeness (QED) is 0.641. The molecule has 3 aliphatic heterocycles. The SMILES string of the molecule is Cc1noc2c(F)c3c(cc12)CC1(C(=O)NC(=O)NC1=O)C1C(C)OCCN31. The Bertz CT molecular complexity index is 1040. The van der Waals surface area contributed by atoms with Crippen molar-refractivity contribution in [3.8, 4) is 0 Å². The van der Waals surface area contributed by atoms with Gasteiger partial charge in [0.2, 0.25) is 17.4 Å². The van der Waals surface area contributed by atoms with Crippen molar-refractivity contribution in [2.75, 3.05) is 18.1 Å². The van der Waals surface area contributed by atoms with Crippen molar-refractivity contribution in [1.29, 1.82) is 0 Å². The molecule has 5 rings (SSSR count). The summed E-state index contributed by atoms with van der Waals surface area (Å²) in [6.07, 6.45) is -0.613. The van der Waals surface area contributed by atoms with E-state index >= 15 is 4.39 Å². The molecule has 0 aliphatic carbocycles. The Morgan fingerprint density at radius 1 is 1.29 bits per heavy atom. The highest BCUT2D eigenvalue weighted by Crippen LogP contribution is 2.48. The minimum absolute atomic E-state index is 0.0396. The van der Waals surface area contributed by atoms with Gasteiger partial charge in [-0.3, -0.25) is 20.2 Å². The maximum absolute atomic E-state index is 15.4. The van der Waals surface area contributed by atoms with E-state index in [0.29, 0.717) is 23.3 Å². The van der Waals surface area contributed by atoms with E-state index in [2.05, 4.69) is 15.8 Å². The molecule has 3 aliphatic rings. The highest BCUT2D eigenvalue weighted by molar-refractivity contribution is 6.20. The van der Waals surface area contributed by atoms with Crippen LogP contribution < -0.4 is 15.5 Å². The zero-order chi connectivity index (χ0) is 19.8. The monoisotopic (exact) mass is 388 g/mol. The summed E-state index contributed by atoms with van der Waals surface area (Å²) in [6, 6.07) is 0.0611. The van der Waals surface area contributed by atoms with E-state index in [1.54, 1.807) is 24.8 Å². The van der Waals surface area contributed by atoms with Crippen molar-refractivity contribution in [1.82, 2.24) is 15.8 Å². The van der Waals surface area contributed by atoms with Crippen molar-refractivity contribution in [3.63, 3.8) is 0 Å². The smallest absolute Gasteiger partial charge is 0.328 e. The molecule has 1 aromatic heterocycles. The molecule has 9 nitrogen and oxygen atoms in total. The molecule has 1 aromatic carbocycles. The molecule has 2 aromatic rings. The van der Waals surface area contributed by atoms with E-state index < -0.39 is 41.2 Å². The Balaban J connectivity index is 1.79. The van der Waals surface area contributed by atoms with Crippen molar-refractivity contribution >= 4 is 34.5 Å². The van der Waals surface area contributed by atoms with Gasteiger partial charge in [0.05, 0.1) is 30.1 Å². The molecule has 0 radical (unpaired) electrons. The van der Waals surface area contributed by atoms with Crippen molar-refractivity contribution in [2.24, 2.45) is 5.41 Å². The van der Waals surface area contributed by atoms with Gasteiger partial charge in [-0.15, -0.1) is 0 Å². The average Bonchev–Trinajstić information content (AvgIpc) is 3.00. The number of nitrogens with one attached hydrogen (secondary N) is 2. The molecule has 2 saturated heterocycles. The van der Waals surface area contributed by atoms with Crippen LogP contribution >= 0.6 is 0 Å². The van der Waals surface area contributed by atoms with Crippen LogP contribution in [0.15, 0.2) is 10.6 Å². The number of ether oxygens (including phenoxy) is 1. The lowest BCUT2D eigenvalue weighted by atomic mass is 9.66. The van der Waals surface area contributed by atoms with E-state index in [4.69, 9.17) is 9.26 Å². The number of anilines is 1. The fourth-order valence-corrected chi connectivity index (χ4v) is 4.78. The summed E-state index contributed by atoms with van der Waals surface area (Å²) in [4.78, 5) is 39.3. The van der Waals surface area contributed by atoms with E-state index in [1.165, 1.54) is 0 Å². The summed E-state index contributed by atoms with van der Waals surface area (Å²) in [5.74, 6) is -1.99. The Morgan fingerprint density at radius 2 is 2.00 bits per heavy atom. The van der Waals surface area contributed by atoms with Gasteiger partial charge in [-0.05, 0) is 25.5 Å². The summed E-state index contributed by atoms with van der Waals surface area (Å²) >= 11 is 0. The Kier molecular flexibility index (Phi) is 3.36. The van der Waals surface area contributed by atoms with Gasteiger partial charge in [0.25, 0.3) is 0 Å². The number of halogens is 1. The van der Waals surface area contributed by atoms with Crippen LogP contribution in [0, 0.1) is 18.2 Å². The number of nitrogens with zero attached hydrogens (tertiary/aromatic N) is 2. The van der Waals surface area contributed by atoms with Crippen LogP contribution in [0.1, 0.15) is 18.2 Å². The number of imide groups is 2. The van der Waals surface area contributed by atoms with Crippen LogP contribution in [0.25, 0.3) is 11.0 Å². The molecular weight excluding hydrogens is 371 g/mol. The van der Waals surface area contributed by atoms with Crippen LogP contribution in [0.3, 0.4) is 0 Å². The number of benzene rings is 1. The standard InChI is InChI=1S/C18H17FN4O5/c1-7-10-5-9-6-18(15(24)20-17(26)21-16(18)25)14-8(2)27-4-3-23(14)12(9)11(19)13(10)28-22-7/h5,8,14H,3-4,6H2,1-2H3,(H2,20,21,24,25,26). The third-order valence-electron chi connectivity index (χ3n) is 5.96.